The van der Waals surface area contributed by atoms with Crippen LogP contribution < -0.4 is 11.2 Å². The summed E-state index contributed by atoms with van der Waals surface area (Å²) in [5, 5.41) is 0. The van der Waals surface area contributed by atoms with Gasteiger partial charge in [0.15, 0.2) is 5.52 Å². The third kappa shape index (κ3) is 1.36. The van der Waals surface area contributed by atoms with E-state index in [1.54, 1.807) is 39.2 Å². The summed E-state index contributed by atoms with van der Waals surface area (Å²) in [5.74, 6) is 0. The van der Waals surface area contributed by atoms with Crippen LogP contribution in [0.25, 0.3) is 11.0 Å². The molecule has 0 aliphatic heterocycles. The van der Waals surface area contributed by atoms with Gasteiger partial charge in [-0.1, -0.05) is 0 Å². The molecule has 0 aliphatic rings. The van der Waals surface area contributed by atoms with Crippen LogP contribution in [-0.2, 0) is 7.05 Å². The zero-order valence-electron chi connectivity index (χ0n) is 9.47. The first-order valence-corrected chi connectivity index (χ1v) is 5.10. The lowest BCUT2D eigenvalue weighted by Crippen LogP contribution is -2.40. The minimum Gasteiger partial charge on any atom is -0.295 e. The monoisotopic (exact) mass is 219 g/mol. The molecular weight excluding hydrogens is 206 g/mol. The first kappa shape index (κ1) is 10.6. The maximum atomic E-state index is 12.0. The van der Waals surface area contributed by atoms with Crippen LogP contribution in [-0.4, -0.2) is 14.1 Å². The third-order valence-corrected chi connectivity index (χ3v) is 2.58. The Bertz CT molecular complexity index is 652. The second-order valence-corrected chi connectivity index (χ2v) is 3.98. The molecule has 5 nitrogen and oxygen atoms in total. The van der Waals surface area contributed by atoms with Gasteiger partial charge in [-0.25, -0.2) is 9.78 Å². The number of aryl methyl sites for hydroxylation is 1. The fraction of sp³-hybridized carbons (Fsp3) is 0.364. The van der Waals surface area contributed by atoms with E-state index in [0.717, 1.165) is 0 Å². The third-order valence-electron chi connectivity index (χ3n) is 2.58. The van der Waals surface area contributed by atoms with E-state index in [4.69, 9.17) is 0 Å². The van der Waals surface area contributed by atoms with E-state index in [1.807, 2.05) is 0 Å². The summed E-state index contributed by atoms with van der Waals surface area (Å²) in [5.41, 5.74) is 0.266. The molecule has 2 aromatic rings. The Morgan fingerprint density at radius 2 is 2.00 bits per heavy atom. The van der Waals surface area contributed by atoms with Crippen molar-refractivity contribution in [3.05, 3.63) is 39.2 Å². The van der Waals surface area contributed by atoms with Gasteiger partial charge in [-0.05, 0) is 26.0 Å². The van der Waals surface area contributed by atoms with Crippen molar-refractivity contribution in [1.29, 1.82) is 0 Å². The van der Waals surface area contributed by atoms with E-state index in [2.05, 4.69) is 4.98 Å². The predicted octanol–water partition coefficient (Wildman–Crippen LogP) is 0.676. The van der Waals surface area contributed by atoms with Gasteiger partial charge in [0.2, 0.25) is 0 Å². The summed E-state index contributed by atoms with van der Waals surface area (Å²) < 4.78 is 2.67. The first-order chi connectivity index (χ1) is 7.54. The van der Waals surface area contributed by atoms with Crippen LogP contribution in [0.15, 0.2) is 27.9 Å². The van der Waals surface area contributed by atoms with Crippen molar-refractivity contribution in [2.24, 2.45) is 7.05 Å². The summed E-state index contributed by atoms with van der Waals surface area (Å²) in [6, 6.07) is 3.26. The average molecular weight is 219 g/mol. The summed E-state index contributed by atoms with van der Waals surface area (Å²) in [4.78, 5) is 28.0. The lowest BCUT2D eigenvalue weighted by atomic mass is 10.3. The van der Waals surface area contributed by atoms with Crippen LogP contribution >= 0.6 is 0 Å². The molecule has 84 valence electrons. The van der Waals surface area contributed by atoms with Gasteiger partial charge < -0.3 is 0 Å². The molecule has 16 heavy (non-hydrogen) atoms. The number of nitrogens with zero attached hydrogens (tertiary/aromatic N) is 3. The second-order valence-electron chi connectivity index (χ2n) is 3.98. The Labute approximate surface area is 92.0 Å². The van der Waals surface area contributed by atoms with Gasteiger partial charge in [0.1, 0.15) is 0 Å². The number of pyridine rings is 1. The van der Waals surface area contributed by atoms with E-state index >= 15 is 0 Å². The molecule has 0 bridgehead atoms. The number of rotatable bonds is 1. The van der Waals surface area contributed by atoms with Gasteiger partial charge in [-0.3, -0.25) is 13.9 Å². The molecule has 0 N–H and O–H groups in total. The minimum atomic E-state index is -0.325. The number of fused-ring (bicyclic) bond motifs is 1. The van der Waals surface area contributed by atoms with Crippen LogP contribution in [0.4, 0.5) is 0 Å². The van der Waals surface area contributed by atoms with Gasteiger partial charge in [-0.15, -0.1) is 0 Å². The highest BCUT2D eigenvalue weighted by Gasteiger charge is 2.13. The first-order valence-electron chi connectivity index (χ1n) is 5.10. The summed E-state index contributed by atoms with van der Waals surface area (Å²) in [6.45, 7) is 3.61. The normalized spacial score (nSPS) is 11.2. The van der Waals surface area contributed by atoms with Crippen molar-refractivity contribution in [3.8, 4) is 0 Å². The Kier molecular flexibility index (Phi) is 2.38. The summed E-state index contributed by atoms with van der Waals surface area (Å²) in [6.07, 6.45) is 1.55. The molecule has 0 amide bonds. The lowest BCUT2D eigenvalue weighted by molar-refractivity contribution is 0.531. The topological polar surface area (TPSA) is 56.9 Å². The summed E-state index contributed by atoms with van der Waals surface area (Å²) >= 11 is 0. The minimum absolute atomic E-state index is 0.169. The number of hydrogen-bond donors (Lipinski definition) is 0. The van der Waals surface area contributed by atoms with Gasteiger partial charge in [0, 0.05) is 19.3 Å². The van der Waals surface area contributed by atoms with E-state index in [9.17, 15) is 9.59 Å². The van der Waals surface area contributed by atoms with Gasteiger partial charge >= 0.3 is 5.69 Å². The zero-order valence-corrected chi connectivity index (χ0v) is 9.47. The SMILES string of the molecule is CC(C)n1c(=O)c2ncccc2n(C)c1=O. The van der Waals surface area contributed by atoms with Crippen LogP contribution in [0.1, 0.15) is 19.9 Å². The van der Waals surface area contributed by atoms with Crippen LogP contribution in [0.2, 0.25) is 0 Å². The van der Waals surface area contributed by atoms with Gasteiger partial charge in [0.05, 0.1) is 5.52 Å². The zero-order chi connectivity index (χ0) is 11.9. The molecule has 0 saturated heterocycles. The van der Waals surface area contributed by atoms with Crippen LogP contribution in [0.5, 0.6) is 0 Å². The molecule has 0 aromatic carbocycles. The maximum Gasteiger partial charge on any atom is 0.331 e. The quantitative estimate of drug-likeness (QED) is 0.708. The smallest absolute Gasteiger partial charge is 0.295 e. The molecule has 0 radical (unpaired) electrons. The van der Waals surface area contributed by atoms with E-state index < -0.39 is 0 Å². The number of hydrogen-bond acceptors (Lipinski definition) is 3. The summed E-state index contributed by atoms with van der Waals surface area (Å²) in [7, 11) is 1.64. The molecule has 0 aliphatic carbocycles. The van der Waals surface area contributed by atoms with E-state index in [1.165, 1.54) is 9.13 Å². The average Bonchev–Trinajstić information content (AvgIpc) is 2.26. The molecule has 0 saturated carbocycles. The molecule has 2 aromatic heterocycles. The van der Waals surface area contributed by atoms with Crippen molar-refractivity contribution in [1.82, 2.24) is 14.1 Å². The fourth-order valence-electron chi connectivity index (χ4n) is 1.75. The van der Waals surface area contributed by atoms with Crippen molar-refractivity contribution in [2.45, 2.75) is 19.9 Å². The molecule has 2 heterocycles. The molecule has 0 fully saturated rings. The Morgan fingerprint density at radius 3 is 2.62 bits per heavy atom. The Balaban J connectivity index is 3.07. The highest BCUT2D eigenvalue weighted by atomic mass is 16.2. The maximum absolute atomic E-state index is 12.0. The largest absolute Gasteiger partial charge is 0.331 e. The van der Waals surface area contributed by atoms with Crippen LogP contribution in [0.3, 0.4) is 0 Å². The van der Waals surface area contributed by atoms with Gasteiger partial charge in [0.25, 0.3) is 5.56 Å². The second kappa shape index (κ2) is 3.59. The molecule has 2 rings (SSSR count). The van der Waals surface area contributed by atoms with Gasteiger partial charge in [-0.2, -0.15) is 0 Å². The number of aromatic nitrogens is 3. The predicted molar refractivity (Wildman–Crippen MR) is 61.6 cm³/mol. The Morgan fingerprint density at radius 1 is 1.31 bits per heavy atom. The van der Waals surface area contributed by atoms with E-state index in [-0.39, 0.29) is 17.3 Å². The molecular formula is C11H13N3O2. The van der Waals surface area contributed by atoms with Crippen molar-refractivity contribution >= 4 is 11.0 Å². The van der Waals surface area contributed by atoms with Crippen molar-refractivity contribution < 1.29 is 0 Å². The molecule has 5 heteroatoms. The van der Waals surface area contributed by atoms with Crippen molar-refractivity contribution in [2.75, 3.05) is 0 Å². The molecule has 0 atom stereocenters. The lowest BCUT2D eigenvalue weighted by Gasteiger charge is -2.12. The fourth-order valence-corrected chi connectivity index (χ4v) is 1.75. The highest BCUT2D eigenvalue weighted by Crippen LogP contribution is 2.04. The van der Waals surface area contributed by atoms with E-state index in [0.29, 0.717) is 11.0 Å². The van der Waals surface area contributed by atoms with Crippen molar-refractivity contribution in [3.63, 3.8) is 0 Å². The Hall–Kier alpha value is -1.91. The van der Waals surface area contributed by atoms with Crippen LogP contribution in [0, 0.1) is 0 Å². The highest BCUT2D eigenvalue weighted by molar-refractivity contribution is 5.72. The standard InChI is InChI=1S/C11H13N3O2/c1-7(2)14-10(15)9-8(5-4-6-12-9)13(3)11(14)16/h4-7H,1-3H3. The molecule has 0 spiro atoms. The molecule has 0 unspecified atom stereocenters.